The molecule has 2 rings (SSSR count). The van der Waals surface area contributed by atoms with Gasteiger partial charge in [-0.3, -0.25) is 0 Å². The largest absolute Gasteiger partial charge is 0.494 e. The third kappa shape index (κ3) is 4.03. The molecule has 0 spiro atoms. The zero-order valence-electron chi connectivity index (χ0n) is 12.3. The Labute approximate surface area is 120 Å². The lowest BCUT2D eigenvalue weighted by Crippen LogP contribution is -2.22. The van der Waals surface area contributed by atoms with Crippen LogP contribution >= 0.6 is 0 Å². The van der Waals surface area contributed by atoms with Crippen LogP contribution < -0.4 is 10.1 Å². The van der Waals surface area contributed by atoms with Crippen molar-refractivity contribution in [3.63, 3.8) is 0 Å². The molecule has 106 valence electrons. The summed E-state index contributed by atoms with van der Waals surface area (Å²) < 4.78 is 5.51. The molecule has 0 aliphatic rings. The molecule has 2 aromatic rings. The summed E-state index contributed by atoms with van der Waals surface area (Å²) in [5.74, 6) is 1.58. The Bertz CT molecular complexity index is 555. The zero-order valence-corrected chi connectivity index (χ0v) is 12.3. The van der Waals surface area contributed by atoms with E-state index < -0.39 is 0 Å². The van der Waals surface area contributed by atoms with Crippen LogP contribution in [0.4, 0.5) is 0 Å². The molecular weight excluding hydrogens is 250 g/mol. The summed E-state index contributed by atoms with van der Waals surface area (Å²) >= 11 is 0. The summed E-state index contributed by atoms with van der Waals surface area (Å²) in [6, 6.07) is 10.2. The van der Waals surface area contributed by atoms with Crippen molar-refractivity contribution in [2.24, 2.45) is 0 Å². The Hall–Kier alpha value is -1.94. The predicted molar refractivity (Wildman–Crippen MR) is 80.6 cm³/mol. The highest BCUT2D eigenvalue weighted by atomic mass is 16.5. The lowest BCUT2D eigenvalue weighted by atomic mass is 10.2. The summed E-state index contributed by atoms with van der Waals surface area (Å²) in [6.45, 7) is 7.61. The van der Waals surface area contributed by atoms with E-state index in [4.69, 9.17) is 4.74 Å². The Kier molecular flexibility index (Phi) is 5.07. The summed E-state index contributed by atoms with van der Waals surface area (Å²) in [6.07, 6.45) is 1.80. The molecule has 0 saturated carbocycles. The summed E-state index contributed by atoms with van der Waals surface area (Å²) in [4.78, 5) is 8.93. The molecule has 0 bridgehead atoms. The van der Waals surface area contributed by atoms with Crippen LogP contribution in [0.15, 0.2) is 36.5 Å². The molecule has 0 unspecified atom stereocenters. The van der Waals surface area contributed by atoms with Gasteiger partial charge in [-0.05, 0) is 25.1 Å². The summed E-state index contributed by atoms with van der Waals surface area (Å²) in [5.41, 5.74) is 1.97. The first-order chi connectivity index (χ1) is 9.69. The number of nitrogens with one attached hydrogen (secondary N) is 1. The van der Waals surface area contributed by atoms with Gasteiger partial charge in [0.2, 0.25) is 0 Å². The normalized spacial score (nSPS) is 10.8. The molecule has 1 N–H and O–H groups in total. The van der Waals surface area contributed by atoms with Gasteiger partial charge < -0.3 is 10.1 Å². The molecule has 20 heavy (non-hydrogen) atoms. The van der Waals surface area contributed by atoms with Crippen LogP contribution in [-0.4, -0.2) is 22.6 Å². The number of benzene rings is 1. The molecule has 0 saturated heterocycles. The standard InChI is InChI=1S/C16H21N3O/c1-4-20-15-7-5-6-13(10-15)16-17-9-8-14(19-16)11-18-12(2)3/h5-10,12,18H,4,11H2,1-3H3. The SMILES string of the molecule is CCOc1cccc(-c2nccc(CNC(C)C)n2)c1. The van der Waals surface area contributed by atoms with Gasteiger partial charge in [0, 0.05) is 24.3 Å². The second-order valence-corrected chi connectivity index (χ2v) is 4.87. The van der Waals surface area contributed by atoms with Gasteiger partial charge in [-0.25, -0.2) is 9.97 Å². The van der Waals surface area contributed by atoms with Gasteiger partial charge in [0.15, 0.2) is 5.82 Å². The van der Waals surface area contributed by atoms with E-state index in [1.54, 1.807) is 6.20 Å². The van der Waals surface area contributed by atoms with Crippen LogP contribution in [-0.2, 0) is 6.54 Å². The number of hydrogen-bond acceptors (Lipinski definition) is 4. The first-order valence-corrected chi connectivity index (χ1v) is 6.97. The minimum Gasteiger partial charge on any atom is -0.494 e. The molecule has 0 fully saturated rings. The second-order valence-electron chi connectivity index (χ2n) is 4.87. The number of ether oxygens (including phenoxy) is 1. The molecule has 0 aliphatic heterocycles. The minimum atomic E-state index is 0.440. The lowest BCUT2D eigenvalue weighted by molar-refractivity contribution is 0.340. The van der Waals surface area contributed by atoms with Crippen LogP contribution in [0.25, 0.3) is 11.4 Å². The molecule has 0 radical (unpaired) electrons. The first kappa shape index (κ1) is 14.5. The van der Waals surface area contributed by atoms with E-state index in [0.717, 1.165) is 29.4 Å². The lowest BCUT2D eigenvalue weighted by Gasteiger charge is -2.09. The van der Waals surface area contributed by atoms with Crippen LogP contribution in [0.5, 0.6) is 5.75 Å². The van der Waals surface area contributed by atoms with E-state index >= 15 is 0 Å². The van der Waals surface area contributed by atoms with Gasteiger partial charge in [0.1, 0.15) is 5.75 Å². The van der Waals surface area contributed by atoms with Crippen molar-refractivity contribution < 1.29 is 4.74 Å². The highest BCUT2D eigenvalue weighted by Crippen LogP contribution is 2.20. The quantitative estimate of drug-likeness (QED) is 0.877. The Morgan fingerprint density at radius 2 is 2.10 bits per heavy atom. The molecule has 0 amide bonds. The van der Waals surface area contributed by atoms with Gasteiger partial charge in [-0.1, -0.05) is 26.0 Å². The van der Waals surface area contributed by atoms with Gasteiger partial charge in [0.05, 0.1) is 12.3 Å². The fourth-order valence-corrected chi connectivity index (χ4v) is 1.83. The molecule has 0 aliphatic carbocycles. The average molecular weight is 271 g/mol. The smallest absolute Gasteiger partial charge is 0.159 e. The van der Waals surface area contributed by atoms with Crippen LogP contribution in [0.2, 0.25) is 0 Å². The number of rotatable bonds is 6. The molecule has 1 aromatic carbocycles. The predicted octanol–water partition coefficient (Wildman–Crippen LogP) is 3.04. The van der Waals surface area contributed by atoms with E-state index in [1.165, 1.54) is 0 Å². The fourth-order valence-electron chi connectivity index (χ4n) is 1.83. The van der Waals surface area contributed by atoms with Crippen LogP contribution in [0, 0.1) is 0 Å². The molecule has 4 nitrogen and oxygen atoms in total. The van der Waals surface area contributed by atoms with Crippen molar-refractivity contribution in [1.29, 1.82) is 0 Å². The molecule has 1 heterocycles. The van der Waals surface area contributed by atoms with Crippen molar-refractivity contribution in [2.75, 3.05) is 6.61 Å². The van der Waals surface area contributed by atoms with Gasteiger partial charge in [-0.15, -0.1) is 0 Å². The van der Waals surface area contributed by atoms with Crippen molar-refractivity contribution in [2.45, 2.75) is 33.4 Å². The highest BCUT2D eigenvalue weighted by Gasteiger charge is 2.04. The maximum absolute atomic E-state index is 5.51. The minimum absolute atomic E-state index is 0.440. The van der Waals surface area contributed by atoms with Crippen molar-refractivity contribution >= 4 is 0 Å². The van der Waals surface area contributed by atoms with E-state index in [1.807, 2.05) is 37.3 Å². The zero-order chi connectivity index (χ0) is 14.4. The molecular formula is C16H21N3O. The Morgan fingerprint density at radius 3 is 2.85 bits per heavy atom. The van der Waals surface area contributed by atoms with E-state index in [0.29, 0.717) is 12.6 Å². The van der Waals surface area contributed by atoms with Crippen molar-refractivity contribution in [3.8, 4) is 17.1 Å². The number of hydrogen-bond donors (Lipinski definition) is 1. The molecule has 0 atom stereocenters. The van der Waals surface area contributed by atoms with Gasteiger partial charge in [0.25, 0.3) is 0 Å². The third-order valence-corrected chi connectivity index (χ3v) is 2.81. The van der Waals surface area contributed by atoms with E-state index in [2.05, 4.69) is 29.1 Å². The van der Waals surface area contributed by atoms with Crippen LogP contribution in [0.1, 0.15) is 26.5 Å². The average Bonchev–Trinajstić information content (AvgIpc) is 2.46. The maximum Gasteiger partial charge on any atom is 0.159 e. The Morgan fingerprint density at radius 1 is 1.25 bits per heavy atom. The maximum atomic E-state index is 5.51. The van der Waals surface area contributed by atoms with Gasteiger partial charge in [-0.2, -0.15) is 0 Å². The monoisotopic (exact) mass is 271 g/mol. The summed E-state index contributed by atoms with van der Waals surface area (Å²) in [7, 11) is 0. The highest BCUT2D eigenvalue weighted by molar-refractivity contribution is 5.57. The first-order valence-electron chi connectivity index (χ1n) is 6.97. The van der Waals surface area contributed by atoms with E-state index in [-0.39, 0.29) is 0 Å². The second kappa shape index (κ2) is 7.01. The van der Waals surface area contributed by atoms with Crippen molar-refractivity contribution in [1.82, 2.24) is 15.3 Å². The Balaban J connectivity index is 2.19. The van der Waals surface area contributed by atoms with E-state index in [9.17, 15) is 0 Å². The fraction of sp³-hybridized carbons (Fsp3) is 0.375. The third-order valence-electron chi connectivity index (χ3n) is 2.81. The van der Waals surface area contributed by atoms with Crippen LogP contribution in [0.3, 0.4) is 0 Å². The topological polar surface area (TPSA) is 47.0 Å². The molecule has 1 aromatic heterocycles. The van der Waals surface area contributed by atoms with Gasteiger partial charge >= 0.3 is 0 Å². The van der Waals surface area contributed by atoms with Crippen molar-refractivity contribution in [3.05, 3.63) is 42.2 Å². The number of nitrogens with zero attached hydrogens (tertiary/aromatic N) is 2. The summed E-state index contributed by atoms with van der Waals surface area (Å²) in [5, 5.41) is 3.36. The molecule has 4 heteroatoms. The number of aromatic nitrogens is 2.